The third-order valence-electron chi connectivity index (χ3n) is 2.63. The number of ether oxygens (including phenoxy) is 1. The highest BCUT2D eigenvalue weighted by atomic mass is 32.2. The first kappa shape index (κ1) is 15.3. The summed E-state index contributed by atoms with van der Waals surface area (Å²) in [5.74, 6) is -0.0474. The topological polar surface area (TPSA) is 81.4 Å². The zero-order chi connectivity index (χ0) is 15.3. The van der Waals surface area contributed by atoms with E-state index in [2.05, 4.69) is 4.72 Å². The van der Waals surface area contributed by atoms with Crippen LogP contribution in [-0.2, 0) is 10.0 Å². The molecule has 21 heavy (non-hydrogen) atoms. The van der Waals surface area contributed by atoms with Gasteiger partial charge >= 0.3 is 0 Å². The van der Waals surface area contributed by atoms with Crippen molar-refractivity contribution in [3.63, 3.8) is 0 Å². The molecule has 0 aromatic heterocycles. The van der Waals surface area contributed by atoms with E-state index in [0.717, 1.165) is 6.07 Å². The van der Waals surface area contributed by atoms with Crippen LogP contribution in [0.2, 0.25) is 0 Å². The second kappa shape index (κ2) is 6.55. The molecule has 0 saturated heterocycles. The Morgan fingerprint density at radius 1 is 1.14 bits per heavy atom. The maximum absolute atomic E-state index is 13.0. The molecule has 0 atom stereocenters. The number of sulfonamides is 1. The second-order valence-electron chi connectivity index (χ2n) is 4.28. The first-order valence-corrected chi connectivity index (χ1v) is 7.69. The molecule has 0 unspecified atom stereocenters. The molecule has 3 N–H and O–H groups in total. The van der Waals surface area contributed by atoms with Crippen LogP contribution in [0.5, 0.6) is 5.75 Å². The summed E-state index contributed by atoms with van der Waals surface area (Å²) in [5, 5.41) is 0. The van der Waals surface area contributed by atoms with Gasteiger partial charge in [0.1, 0.15) is 18.2 Å². The predicted molar refractivity (Wildman–Crippen MR) is 77.9 cm³/mol. The van der Waals surface area contributed by atoms with E-state index in [-0.39, 0.29) is 18.0 Å². The van der Waals surface area contributed by atoms with Gasteiger partial charge in [-0.2, -0.15) is 0 Å². The van der Waals surface area contributed by atoms with Gasteiger partial charge in [0.15, 0.2) is 0 Å². The van der Waals surface area contributed by atoms with Crippen LogP contribution in [0.15, 0.2) is 53.4 Å². The summed E-state index contributed by atoms with van der Waals surface area (Å²) in [5.41, 5.74) is 6.16. The summed E-state index contributed by atoms with van der Waals surface area (Å²) in [7, 11) is -3.74. The number of hydrogen-bond donors (Lipinski definition) is 2. The molecule has 5 nitrogen and oxygen atoms in total. The Hall–Kier alpha value is -2.12. The van der Waals surface area contributed by atoms with Crippen molar-refractivity contribution >= 4 is 15.7 Å². The number of halogens is 1. The van der Waals surface area contributed by atoms with E-state index < -0.39 is 15.8 Å². The number of benzene rings is 2. The normalized spacial score (nSPS) is 11.3. The Kier molecular flexibility index (Phi) is 4.77. The molecule has 2 rings (SSSR count). The second-order valence-corrected chi connectivity index (χ2v) is 6.04. The van der Waals surface area contributed by atoms with E-state index >= 15 is 0 Å². The Labute approximate surface area is 122 Å². The summed E-state index contributed by atoms with van der Waals surface area (Å²) < 4.78 is 44.5. The number of nitrogen functional groups attached to an aromatic ring is 1. The summed E-state index contributed by atoms with van der Waals surface area (Å²) in [4.78, 5) is -0.119. The molecule has 112 valence electrons. The lowest BCUT2D eigenvalue weighted by Gasteiger charge is -2.09. The number of hydrogen-bond acceptors (Lipinski definition) is 4. The van der Waals surface area contributed by atoms with Crippen LogP contribution in [-0.4, -0.2) is 21.6 Å². The van der Waals surface area contributed by atoms with E-state index in [0.29, 0.717) is 11.4 Å². The number of anilines is 1. The van der Waals surface area contributed by atoms with E-state index in [9.17, 15) is 12.8 Å². The van der Waals surface area contributed by atoms with Gasteiger partial charge in [-0.3, -0.25) is 0 Å². The maximum Gasteiger partial charge on any atom is 0.240 e. The SMILES string of the molecule is Nc1cccc(OCCNS(=O)(=O)c2cccc(F)c2)c1. The average Bonchev–Trinajstić information content (AvgIpc) is 2.44. The third-order valence-corrected chi connectivity index (χ3v) is 4.09. The Morgan fingerprint density at radius 3 is 2.62 bits per heavy atom. The Bertz CT molecular complexity index is 720. The highest BCUT2D eigenvalue weighted by molar-refractivity contribution is 7.89. The van der Waals surface area contributed by atoms with Crippen LogP contribution in [0.3, 0.4) is 0 Å². The average molecular weight is 310 g/mol. The summed E-state index contributed by atoms with van der Waals surface area (Å²) >= 11 is 0. The minimum absolute atomic E-state index is 0.0631. The van der Waals surface area contributed by atoms with Gasteiger partial charge in [0.25, 0.3) is 0 Å². The van der Waals surface area contributed by atoms with Crippen LogP contribution in [0.4, 0.5) is 10.1 Å². The van der Waals surface area contributed by atoms with E-state index in [4.69, 9.17) is 10.5 Å². The molecule has 2 aromatic carbocycles. The first-order chi connectivity index (χ1) is 9.97. The maximum atomic E-state index is 13.0. The van der Waals surface area contributed by atoms with Crippen LogP contribution in [0, 0.1) is 5.82 Å². The molecular formula is C14H15FN2O3S. The number of nitrogens with one attached hydrogen (secondary N) is 1. The van der Waals surface area contributed by atoms with Crippen LogP contribution in [0.25, 0.3) is 0 Å². The lowest BCUT2D eigenvalue weighted by Crippen LogP contribution is -2.28. The predicted octanol–water partition coefficient (Wildman–Crippen LogP) is 1.77. The molecular weight excluding hydrogens is 295 g/mol. The van der Waals surface area contributed by atoms with Crippen molar-refractivity contribution in [2.24, 2.45) is 0 Å². The van der Waals surface area contributed by atoms with Crippen LogP contribution >= 0.6 is 0 Å². The number of nitrogens with two attached hydrogens (primary N) is 1. The van der Waals surface area contributed by atoms with Gasteiger partial charge in [-0.25, -0.2) is 17.5 Å². The molecule has 0 bridgehead atoms. The van der Waals surface area contributed by atoms with Crippen molar-refractivity contribution in [3.8, 4) is 5.75 Å². The van der Waals surface area contributed by atoms with Crippen molar-refractivity contribution in [3.05, 3.63) is 54.3 Å². The molecule has 0 saturated carbocycles. The van der Waals surface area contributed by atoms with Crippen LogP contribution < -0.4 is 15.2 Å². The summed E-state index contributed by atoms with van der Waals surface area (Å²) in [6, 6.07) is 11.6. The zero-order valence-electron chi connectivity index (χ0n) is 11.1. The van der Waals surface area contributed by atoms with Crippen molar-refractivity contribution in [2.75, 3.05) is 18.9 Å². The molecule has 0 heterocycles. The molecule has 0 aliphatic rings. The fourth-order valence-electron chi connectivity index (χ4n) is 1.67. The lowest BCUT2D eigenvalue weighted by molar-refractivity contribution is 0.323. The minimum atomic E-state index is -3.74. The van der Waals surface area contributed by atoms with Gasteiger partial charge in [0, 0.05) is 18.3 Å². The summed E-state index contributed by atoms with van der Waals surface area (Å²) in [6.07, 6.45) is 0. The fraction of sp³-hybridized carbons (Fsp3) is 0.143. The molecule has 0 radical (unpaired) electrons. The molecule has 2 aromatic rings. The van der Waals surface area contributed by atoms with Gasteiger partial charge in [-0.1, -0.05) is 12.1 Å². The molecule has 7 heteroatoms. The standard InChI is InChI=1S/C14H15FN2O3S/c15-11-3-1-6-14(9-11)21(18,19)17-7-8-20-13-5-2-4-12(16)10-13/h1-6,9-10,17H,7-8,16H2. The quantitative estimate of drug-likeness (QED) is 0.629. The minimum Gasteiger partial charge on any atom is -0.492 e. The molecule has 0 spiro atoms. The van der Waals surface area contributed by atoms with E-state index in [1.807, 2.05) is 0 Å². The Balaban J connectivity index is 1.88. The van der Waals surface area contributed by atoms with Gasteiger partial charge in [-0.15, -0.1) is 0 Å². The third kappa shape index (κ3) is 4.44. The van der Waals surface area contributed by atoms with Crippen molar-refractivity contribution in [1.82, 2.24) is 4.72 Å². The molecule has 0 aliphatic carbocycles. The van der Waals surface area contributed by atoms with Gasteiger partial charge in [0.2, 0.25) is 10.0 Å². The largest absolute Gasteiger partial charge is 0.492 e. The van der Waals surface area contributed by atoms with E-state index in [1.165, 1.54) is 18.2 Å². The van der Waals surface area contributed by atoms with E-state index in [1.54, 1.807) is 24.3 Å². The number of rotatable bonds is 6. The Morgan fingerprint density at radius 2 is 1.90 bits per heavy atom. The van der Waals surface area contributed by atoms with Gasteiger partial charge in [-0.05, 0) is 30.3 Å². The smallest absolute Gasteiger partial charge is 0.240 e. The fourth-order valence-corrected chi connectivity index (χ4v) is 2.71. The van der Waals surface area contributed by atoms with Crippen molar-refractivity contribution in [1.29, 1.82) is 0 Å². The van der Waals surface area contributed by atoms with Gasteiger partial charge in [0.05, 0.1) is 4.90 Å². The highest BCUT2D eigenvalue weighted by Gasteiger charge is 2.13. The van der Waals surface area contributed by atoms with Crippen LogP contribution in [0.1, 0.15) is 0 Å². The lowest BCUT2D eigenvalue weighted by atomic mass is 10.3. The monoisotopic (exact) mass is 310 g/mol. The zero-order valence-corrected chi connectivity index (χ0v) is 11.9. The molecule has 0 aliphatic heterocycles. The van der Waals surface area contributed by atoms with Crippen molar-refractivity contribution < 1.29 is 17.5 Å². The molecule has 0 amide bonds. The van der Waals surface area contributed by atoms with Gasteiger partial charge < -0.3 is 10.5 Å². The van der Waals surface area contributed by atoms with Crippen molar-refractivity contribution in [2.45, 2.75) is 4.90 Å². The highest BCUT2D eigenvalue weighted by Crippen LogP contribution is 2.14. The first-order valence-electron chi connectivity index (χ1n) is 6.21. The molecule has 0 fully saturated rings. The summed E-state index contributed by atoms with van der Waals surface area (Å²) in [6.45, 7) is 0.200.